The zero-order chi connectivity index (χ0) is 18.0. The molecule has 5 heteroatoms. The molecule has 0 saturated carbocycles. The van der Waals surface area contributed by atoms with Gasteiger partial charge in [-0.3, -0.25) is 4.79 Å². The summed E-state index contributed by atoms with van der Waals surface area (Å²) in [6.07, 6.45) is 0. The van der Waals surface area contributed by atoms with Crippen molar-refractivity contribution in [3.8, 4) is 0 Å². The molecule has 0 spiro atoms. The van der Waals surface area contributed by atoms with E-state index in [2.05, 4.69) is 4.72 Å². The first-order valence-corrected chi connectivity index (χ1v) is 9.48. The molecule has 0 fully saturated rings. The molecular weight excluding hydrogens is 334 g/mol. The van der Waals surface area contributed by atoms with Gasteiger partial charge in [-0.1, -0.05) is 54.6 Å². The Morgan fingerprint density at radius 2 is 1.56 bits per heavy atom. The molecule has 128 valence electrons. The monoisotopic (exact) mass is 353 g/mol. The minimum Gasteiger partial charge on any atom is -0.295 e. The molecule has 0 radical (unpaired) electrons. The van der Waals surface area contributed by atoms with Crippen LogP contribution in [0.2, 0.25) is 0 Å². The number of carbonyl (C=O) groups is 1. The fourth-order valence-corrected chi connectivity index (χ4v) is 4.08. The summed E-state index contributed by atoms with van der Waals surface area (Å²) in [5.74, 6) is -0.0963. The highest BCUT2D eigenvalue weighted by Crippen LogP contribution is 2.25. The third kappa shape index (κ3) is 3.62. The van der Waals surface area contributed by atoms with E-state index in [1.807, 2.05) is 49.4 Å². The van der Waals surface area contributed by atoms with Gasteiger partial charge < -0.3 is 0 Å². The molecule has 0 aliphatic heterocycles. The van der Waals surface area contributed by atoms with Crippen LogP contribution in [0.15, 0.2) is 71.6 Å². The highest BCUT2D eigenvalue weighted by Gasteiger charge is 2.19. The predicted octanol–water partition coefficient (Wildman–Crippen LogP) is 4.08. The quantitative estimate of drug-likeness (QED) is 0.703. The van der Waals surface area contributed by atoms with Crippen LogP contribution < -0.4 is 4.72 Å². The van der Waals surface area contributed by atoms with Gasteiger partial charge in [0.05, 0.1) is 4.90 Å². The average molecular weight is 353 g/mol. The molecule has 0 unspecified atom stereocenters. The Morgan fingerprint density at radius 3 is 2.24 bits per heavy atom. The van der Waals surface area contributed by atoms with E-state index in [9.17, 15) is 13.2 Å². The normalized spacial score (nSPS) is 12.9. The first kappa shape index (κ1) is 17.3. The highest BCUT2D eigenvalue weighted by atomic mass is 32.2. The molecule has 4 nitrogen and oxygen atoms in total. The fraction of sp³-hybridized carbons (Fsp3) is 0.150. The van der Waals surface area contributed by atoms with Gasteiger partial charge in [0, 0.05) is 11.6 Å². The third-order valence-electron chi connectivity index (χ3n) is 4.19. The zero-order valence-corrected chi connectivity index (χ0v) is 14.9. The summed E-state index contributed by atoms with van der Waals surface area (Å²) >= 11 is 0. The zero-order valence-electron chi connectivity index (χ0n) is 14.1. The predicted molar refractivity (Wildman–Crippen MR) is 99.1 cm³/mol. The molecule has 0 aromatic heterocycles. The maximum atomic E-state index is 12.6. The van der Waals surface area contributed by atoms with E-state index in [1.165, 1.54) is 31.2 Å². The van der Waals surface area contributed by atoms with Crippen LogP contribution >= 0.6 is 0 Å². The minimum absolute atomic E-state index is 0.0963. The van der Waals surface area contributed by atoms with Crippen LogP contribution in [0.1, 0.15) is 35.8 Å². The van der Waals surface area contributed by atoms with Crippen molar-refractivity contribution >= 4 is 26.6 Å². The molecule has 25 heavy (non-hydrogen) atoms. The van der Waals surface area contributed by atoms with Crippen molar-refractivity contribution in [1.82, 2.24) is 4.72 Å². The van der Waals surface area contributed by atoms with Crippen molar-refractivity contribution in [2.24, 2.45) is 0 Å². The second kappa shape index (κ2) is 6.78. The number of rotatable bonds is 5. The third-order valence-corrected chi connectivity index (χ3v) is 5.75. The van der Waals surface area contributed by atoms with E-state index in [4.69, 9.17) is 0 Å². The first-order valence-electron chi connectivity index (χ1n) is 7.99. The van der Waals surface area contributed by atoms with E-state index >= 15 is 0 Å². The molecule has 0 bridgehead atoms. The van der Waals surface area contributed by atoms with Gasteiger partial charge in [0.25, 0.3) is 0 Å². The minimum atomic E-state index is -3.68. The largest absolute Gasteiger partial charge is 0.295 e. The van der Waals surface area contributed by atoms with Gasteiger partial charge in [-0.2, -0.15) is 0 Å². The Morgan fingerprint density at radius 1 is 0.920 bits per heavy atom. The Kier molecular flexibility index (Phi) is 4.70. The van der Waals surface area contributed by atoms with Crippen molar-refractivity contribution in [2.45, 2.75) is 24.8 Å². The summed E-state index contributed by atoms with van der Waals surface area (Å²) in [6, 6.07) is 19.3. The molecule has 3 aromatic rings. The summed E-state index contributed by atoms with van der Waals surface area (Å²) in [5.41, 5.74) is 1.41. The highest BCUT2D eigenvalue weighted by molar-refractivity contribution is 7.89. The number of benzene rings is 3. The average Bonchev–Trinajstić information content (AvgIpc) is 2.61. The molecule has 3 aromatic carbocycles. The number of hydrogen-bond donors (Lipinski definition) is 1. The van der Waals surface area contributed by atoms with Crippen LogP contribution in [0.25, 0.3) is 10.8 Å². The fourth-order valence-electron chi connectivity index (χ4n) is 2.86. The lowest BCUT2D eigenvalue weighted by atomic mass is 10.0. The Hall–Kier alpha value is -2.50. The Bertz CT molecular complexity index is 1020. The Balaban J connectivity index is 1.90. The summed E-state index contributed by atoms with van der Waals surface area (Å²) in [5, 5.41) is 2.09. The van der Waals surface area contributed by atoms with Gasteiger partial charge in [0.2, 0.25) is 10.0 Å². The molecule has 3 rings (SSSR count). The van der Waals surface area contributed by atoms with Crippen molar-refractivity contribution in [3.05, 3.63) is 77.9 Å². The van der Waals surface area contributed by atoms with E-state index in [0.29, 0.717) is 5.56 Å². The van der Waals surface area contributed by atoms with Gasteiger partial charge >= 0.3 is 0 Å². The number of Topliss-reactive ketones (excluding diaryl/α,β-unsaturated/α-hetero) is 1. The lowest BCUT2D eigenvalue weighted by Crippen LogP contribution is -2.27. The topological polar surface area (TPSA) is 63.2 Å². The van der Waals surface area contributed by atoms with Crippen LogP contribution in [0.4, 0.5) is 0 Å². The van der Waals surface area contributed by atoms with Gasteiger partial charge in [0.15, 0.2) is 5.78 Å². The van der Waals surface area contributed by atoms with E-state index < -0.39 is 10.0 Å². The van der Waals surface area contributed by atoms with Crippen molar-refractivity contribution < 1.29 is 13.2 Å². The molecular formula is C20H19NO3S. The van der Waals surface area contributed by atoms with Crippen molar-refractivity contribution in [1.29, 1.82) is 0 Å². The maximum Gasteiger partial charge on any atom is 0.241 e. The number of nitrogens with one attached hydrogen (secondary N) is 1. The summed E-state index contributed by atoms with van der Waals surface area (Å²) in [4.78, 5) is 11.5. The summed E-state index contributed by atoms with van der Waals surface area (Å²) in [7, 11) is -3.68. The molecule has 0 heterocycles. The number of sulfonamides is 1. The SMILES string of the molecule is CC(=O)c1ccc(S(=O)(=O)N[C@@H](C)c2cccc3ccccc23)cc1. The molecule has 0 saturated heterocycles. The summed E-state index contributed by atoms with van der Waals surface area (Å²) < 4.78 is 28.0. The van der Waals surface area contributed by atoms with Crippen LogP contribution in [0.5, 0.6) is 0 Å². The number of hydrogen-bond acceptors (Lipinski definition) is 3. The van der Waals surface area contributed by atoms with E-state index in [0.717, 1.165) is 16.3 Å². The van der Waals surface area contributed by atoms with E-state index in [1.54, 1.807) is 0 Å². The summed E-state index contributed by atoms with van der Waals surface area (Å²) in [6.45, 7) is 3.27. The van der Waals surface area contributed by atoms with Crippen LogP contribution in [-0.2, 0) is 10.0 Å². The number of carbonyl (C=O) groups excluding carboxylic acids is 1. The standard InChI is InChI=1S/C20H19NO3S/c1-14(19-9-5-7-17-6-3-4-8-20(17)19)21-25(23,24)18-12-10-16(11-13-18)15(2)22/h3-14,21H,1-2H3/t14-/m0/s1. The van der Waals surface area contributed by atoms with Gasteiger partial charge in [-0.05, 0) is 42.3 Å². The number of fused-ring (bicyclic) bond motifs is 1. The van der Waals surface area contributed by atoms with Crippen LogP contribution in [0, 0.1) is 0 Å². The second-order valence-corrected chi connectivity index (χ2v) is 7.71. The van der Waals surface area contributed by atoms with Crippen LogP contribution in [0.3, 0.4) is 0 Å². The lowest BCUT2D eigenvalue weighted by molar-refractivity contribution is 0.101. The Labute approximate surface area is 147 Å². The first-order chi connectivity index (χ1) is 11.9. The van der Waals surface area contributed by atoms with Crippen molar-refractivity contribution in [3.63, 3.8) is 0 Å². The maximum absolute atomic E-state index is 12.6. The smallest absolute Gasteiger partial charge is 0.241 e. The van der Waals surface area contributed by atoms with Gasteiger partial charge in [0.1, 0.15) is 0 Å². The molecule has 0 amide bonds. The molecule has 1 N–H and O–H groups in total. The van der Waals surface area contributed by atoms with Crippen molar-refractivity contribution in [2.75, 3.05) is 0 Å². The van der Waals surface area contributed by atoms with E-state index in [-0.39, 0.29) is 16.7 Å². The lowest BCUT2D eigenvalue weighted by Gasteiger charge is -2.17. The molecule has 0 aliphatic carbocycles. The van der Waals surface area contributed by atoms with Crippen LogP contribution in [-0.4, -0.2) is 14.2 Å². The number of ketones is 1. The molecule has 1 atom stereocenters. The van der Waals surface area contributed by atoms with Gasteiger partial charge in [-0.15, -0.1) is 0 Å². The second-order valence-electron chi connectivity index (χ2n) is 5.99. The van der Waals surface area contributed by atoms with Gasteiger partial charge in [-0.25, -0.2) is 13.1 Å². The molecule has 0 aliphatic rings.